The van der Waals surface area contributed by atoms with Crippen molar-refractivity contribution in [2.45, 2.75) is 32.5 Å². The predicted octanol–water partition coefficient (Wildman–Crippen LogP) is 4.80. The molecule has 1 aliphatic rings. The summed E-state index contributed by atoms with van der Waals surface area (Å²) in [7, 11) is 0. The van der Waals surface area contributed by atoms with E-state index in [0.29, 0.717) is 22.6 Å². The summed E-state index contributed by atoms with van der Waals surface area (Å²) in [6.45, 7) is 7.58. The van der Waals surface area contributed by atoms with Crippen molar-refractivity contribution >= 4 is 28.9 Å². The van der Waals surface area contributed by atoms with Gasteiger partial charge in [-0.1, -0.05) is 49.1 Å². The summed E-state index contributed by atoms with van der Waals surface area (Å²) in [5.41, 5.74) is 10.1. The summed E-state index contributed by atoms with van der Waals surface area (Å²) < 4.78 is 16.4. The average Bonchev–Trinajstić information content (AvgIpc) is 3.44. The fourth-order valence-electron chi connectivity index (χ4n) is 3.82. The molecule has 7 nitrogen and oxygen atoms in total. The Balaban J connectivity index is 1.57. The normalized spacial score (nSPS) is 18.8. The SMILES string of the molecule is C=C/C(=C\C=C/C)[C@H]1C[C@@H](F)C(N=C(N)c2ccc(C)c(NC(=O)c3cnc4ccccn34)c2)=N1. The molecule has 1 amide bonds. The molecule has 3 N–H and O–H groups in total. The molecule has 0 saturated heterocycles. The third-order valence-corrected chi connectivity index (χ3v) is 5.77. The number of imidazole rings is 1. The summed E-state index contributed by atoms with van der Waals surface area (Å²) >= 11 is 0. The molecule has 8 heteroatoms. The van der Waals surface area contributed by atoms with E-state index in [4.69, 9.17) is 5.73 Å². The van der Waals surface area contributed by atoms with Gasteiger partial charge in [-0.05, 0) is 43.2 Å². The summed E-state index contributed by atoms with van der Waals surface area (Å²) in [5.74, 6) is -0.135. The quantitative estimate of drug-likeness (QED) is 0.308. The van der Waals surface area contributed by atoms with Gasteiger partial charge in [-0.15, -0.1) is 0 Å². The van der Waals surface area contributed by atoms with Gasteiger partial charge in [0, 0.05) is 23.9 Å². The lowest BCUT2D eigenvalue weighted by atomic mass is 10.0. The van der Waals surface area contributed by atoms with Gasteiger partial charge in [-0.3, -0.25) is 14.2 Å². The van der Waals surface area contributed by atoms with Crippen LogP contribution in [0.4, 0.5) is 10.1 Å². The molecule has 0 unspecified atom stereocenters. The fourth-order valence-corrected chi connectivity index (χ4v) is 3.82. The maximum absolute atomic E-state index is 14.7. The first-order chi connectivity index (χ1) is 16.9. The molecule has 0 aliphatic carbocycles. The highest BCUT2D eigenvalue weighted by Gasteiger charge is 2.29. The zero-order valence-electron chi connectivity index (χ0n) is 19.6. The minimum atomic E-state index is -1.33. The summed E-state index contributed by atoms with van der Waals surface area (Å²) in [6.07, 6.45) is 9.46. The van der Waals surface area contributed by atoms with E-state index in [1.807, 2.05) is 56.3 Å². The number of amidine groups is 2. The van der Waals surface area contributed by atoms with E-state index in [1.54, 1.807) is 28.8 Å². The zero-order chi connectivity index (χ0) is 24.9. The number of nitrogens with one attached hydrogen (secondary N) is 1. The second-order valence-electron chi connectivity index (χ2n) is 8.16. The molecule has 0 radical (unpaired) electrons. The van der Waals surface area contributed by atoms with Crippen LogP contribution in [-0.4, -0.2) is 39.2 Å². The number of nitrogens with two attached hydrogens (primary N) is 1. The first-order valence-corrected chi connectivity index (χ1v) is 11.3. The van der Waals surface area contributed by atoms with Crippen molar-refractivity contribution in [3.63, 3.8) is 0 Å². The van der Waals surface area contributed by atoms with Gasteiger partial charge in [-0.2, -0.15) is 0 Å². The highest BCUT2D eigenvalue weighted by atomic mass is 19.1. The van der Waals surface area contributed by atoms with Crippen LogP contribution < -0.4 is 11.1 Å². The van der Waals surface area contributed by atoms with Crippen LogP contribution in [0.5, 0.6) is 0 Å². The van der Waals surface area contributed by atoms with Crippen molar-refractivity contribution in [1.29, 1.82) is 0 Å². The fraction of sp³-hybridized carbons (Fsp3) is 0.185. The predicted molar refractivity (Wildman–Crippen MR) is 139 cm³/mol. The van der Waals surface area contributed by atoms with Crippen LogP contribution >= 0.6 is 0 Å². The van der Waals surface area contributed by atoms with Gasteiger partial charge in [0.25, 0.3) is 5.91 Å². The van der Waals surface area contributed by atoms with E-state index >= 15 is 0 Å². The maximum Gasteiger partial charge on any atom is 0.274 e. The molecule has 1 aromatic carbocycles. The van der Waals surface area contributed by atoms with Crippen LogP contribution in [0, 0.1) is 6.92 Å². The number of hydrogen-bond acceptors (Lipinski definition) is 4. The number of carbonyl (C=O) groups excluding carboxylic acids is 1. The molecule has 0 spiro atoms. The largest absolute Gasteiger partial charge is 0.383 e. The van der Waals surface area contributed by atoms with Crippen LogP contribution in [0.25, 0.3) is 5.65 Å². The highest BCUT2D eigenvalue weighted by Crippen LogP contribution is 2.25. The molecule has 0 saturated carbocycles. The Morgan fingerprint density at radius 1 is 1.34 bits per heavy atom. The minimum absolute atomic E-state index is 0.0534. The molecule has 3 heterocycles. The number of benzene rings is 1. The molecule has 0 fully saturated rings. The summed E-state index contributed by atoms with van der Waals surface area (Å²) in [4.78, 5) is 25.9. The lowest BCUT2D eigenvalue weighted by Crippen LogP contribution is -2.20. The topological polar surface area (TPSA) is 97.1 Å². The number of alkyl halides is 1. The van der Waals surface area contributed by atoms with E-state index in [-0.39, 0.29) is 30.0 Å². The van der Waals surface area contributed by atoms with Gasteiger partial charge < -0.3 is 11.1 Å². The van der Waals surface area contributed by atoms with Gasteiger partial charge in [0.15, 0.2) is 12.0 Å². The number of rotatable bonds is 6. The van der Waals surface area contributed by atoms with E-state index in [1.165, 1.54) is 6.20 Å². The molecule has 2 aromatic heterocycles. The Bertz CT molecular complexity index is 1400. The van der Waals surface area contributed by atoms with Crippen LogP contribution in [0.15, 0.2) is 95.2 Å². The highest BCUT2D eigenvalue weighted by molar-refractivity contribution is 6.09. The smallest absolute Gasteiger partial charge is 0.274 e. The lowest BCUT2D eigenvalue weighted by Gasteiger charge is -2.11. The van der Waals surface area contributed by atoms with Gasteiger partial charge in [0.05, 0.1) is 12.2 Å². The lowest BCUT2D eigenvalue weighted by molar-refractivity contribution is 0.102. The summed E-state index contributed by atoms with van der Waals surface area (Å²) in [6, 6.07) is 10.5. The van der Waals surface area contributed by atoms with E-state index in [0.717, 1.165) is 11.1 Å². The molecule has 178 valence electrons. The first-order valence-electron chi connectivity index (χ1n) is 11.3. The number of halogens is 1. The number of aromatic nitrogens is 2. The van der Waals surface area contributed by atoms with E-state index in [2.05, 4.69) is 26.9 Å². The monoisotopic (exact) mass is 470 g/mol. The molecule has 2 atom stereocenters. The molecule has 35 heavy (non-hydrogen) atoms. The Morgan fingerprint density at radius 3 is 2.94 bits per heavy atom. The molecular weight excluding hydrogens is 443 g/mol. The second kappa shape index (κ2) is 10.3. The Kier molecular flexibility index (Phi) is 7.01. The number of carbonyl (C=O) groups is 1. The Hall–Kier alpha value is -4.33. The first kappa shape index (κ1) is 23.8. The number of amides is 1. The standard InChI is InChI=1S/C27H27FN6O/c1-4-6-9-18(5-2)22-15-20(28)26(31-22)33-25(29)19-12-11-17(3)21(14-19)32-27(35)23-16-30-24-10-7-8-13-34(23)24/h4-14,16,20,22H,2,15H2,1,3H3,(H,32,35)(H2,29,31,33)/b6-4-,18-9+/t20-,22-/m1/s1. The van der Waals surface area contributed by atoms with Crippen molar-refractivity contribution < 1.29 is 9.18 Å². The third-order valence-electron chi connectivity index (χ3n) is 5.77. The van der Waals surface area contributed by atoms with Crippen molar-refractivity contribution in [2.24, 2.45) is 15.7 Å². The van der Waals surface area contributed by atoms with Crippen LogP contribution in [0.2, 0.25) is 0 Å². The van der Waals surface area contributed by atoms with Crippen molar-refractivity contribution in [3.05, 3.63) is 102 Å². The molecule has 1 aliphatic heterocycles. The number of aliphatic imine (C=N–C) groups is 2. The van der Waals surface area contributed by atoms with Crippen LogP contribution in [0.1, 0.15) is 35.0 Å². The number of fused-ring (bicyclic) bond motifs is 1. The van der Waals surface area contributed by atoms with Gasteiger partial charge >= 0.3 is 0 Å². The minimum Gasteiger partial charge on any atom is -0.383 e. The number of anilines is 1. The van der Waals surface area contributed by atoms with E-state index < -0.39 is 6.17 Å². The van der Waals surface area contributed by atoms with Crippen molar-refractivity contribution in [1.82, 2.24) is 9.38 Å². The van der Waals surface area contributed by atoms with Crippen molar-refractivity contribution in [3.8, 4) is 0 Å². The number of hydrogen-bond donors (Lipinski definition) is 2. The van der Waals surface area contributed by atoms with Crippen LogP contribution in [-0.2, 0) is 0 Å². The van der Waals surface area contributed by atoms with Gasteiger partial charge in [0.2, 0.25) is 0 Å². The van der Waals surface area contributed by atoms with Gasteiger partial charge in [0.1, 0.15) is 17.2 Å². The number of nitrogens with zero attached hydrogens (tertiary/aromatic N) is 4. The molecule has 4 rings (SSSR count). The maximum atomic E-state index is 14.7. The second-order valence-corrected chi connectivity index (χ2v) is 8.16. The van der Waals surface area contributed by atoms with Crippen LogP contribution in [0.3, 0.4) is 0 Å². The zero-order valence-corrected chi connectivity index (χ0v) is 19.6. The third kappa shape index (κ3) is 5.11. The number of aryl methyl sites for hydroxylation is 1. The van der Waals surface area contributed by atoms with E-state index in [9.17, 15) is 9.18 Å². The Morgan fingerprint density at radius 2 is 2.17 bits per heavy atom. The molecule has 0 bridgehead atoms. The summed E-state index contributed by atoms with van der Waals surface area (Å²) in [5, 5.41) is 2.91. The molecule has 3 aromatic rings. The average molecular weight is 471 g/mol. The number of allylic oxidation sites excluding steroid dienone is 3. The van der Waals surface area contributed by atoms with Gasteiger partial charge in [-0.25, -0.2) is 14.4 Å². The molecular formula is C27H27FN6O. The number of pyridine rings is 1. The Labute approximate surface area is 203 Å². The van der Waals surface area contributed by atoms with Crippen molar-refractivity contribution in [2.75, 3.05) is 5.32 Å².